The van der Waals surface area contributed by atoms with E-state index in [0.717, 1.165) is 33.6 Å². The zero-order chi connectivity index (χ0) is 17.8. The van der Waals surface area contributed by atoms with Crippen LogP contribution in [0.25, 0.3) is 27.5 Å². The van der Waals surface area contributed by atoms with Gasteiger partial charge in [-0.05, 0) is 42.3 Å². The van der Waals surface area contributed by atoms with Crippen molar-refractivity contribution in [3.8, 4) is 5.69 Å². The molecular formula is C19H16F3N3. The second kappa shape index (κ2) is 5.37. The third kappa shape index (κ3) is 2.58. The molecule has 0 radical (unpaired) electrons. The largest absolute Gasteiger partial charge is 0.416 e. The Balaban J connectivity index is 2.03. The van der Waals surface area contributed by atoms with Gasteiger partial charge in [0.15, 0.2) is 0 Å². The quantitative estimate of drug-likeness (QED) is 0.501. The van der Waals surface area contributed by atoms with Crippen molar-refractivity contribution in [2.45, 2.75) is 25.9 Å². The summed E-state index contributed by atoms with van der Waals surface area (Å²) in [6, 6.07) is 11.4. The third-order valence-corrected chi connectivity index (χ3v) is 4.41. The summed E-state index contributed by atoms with van der Waals surface area (Å²) in [6.07, 6.45) is -2.65. The van der Waals surface area contributed by atoms with Crippen molar-refractivity contribution in [3.63, 3.8) is 0 Å². The van der Waals surface area contributed by atoms with E-state index < -0.39 is 11.7 Å². The van der Waals surface area contributed by atoms with E-state index in [0.29, 0.717) is 5.69 Å². The molecule has 0 spiro atoms. The molecule has 2 heterocycles. The predicted octanol–water partition coefficient (Wildman–Crippen LogP) is 5.65. The highest BCUT2D eigenvalue weighted by Gasteiger charge is 2.30. The first kappa shape index (κ1) is 15.7. The van der Waals surface area contributed by atoms with Crippen molar-refractivity contribution < 1.29 is 13.2 Å². The van der Waals surface area contributed by atoms with E-state index in [1.165, 1.54) is 12.1 Å². The van der Waals surface area contributed by atoms with Crippen LogP contribution in [0.1, 0.15) is 31.0 Å². The Labute approximate surface area is 142 Å². The van der Waals surface area contributed by atoms with E-state index in [2.05, 4.69) is 10.2 Å². The van der Waals surface area contributed by atoms with Gasteiger partial charge in [-0.1, -0.05) is 19.9 Å². The Kier molecular flexibility index (Phi) is 3.39. The first-order chi connectivity index (χ1) is 11.8. The maximum Gasteiger partial charge on any atom is 0.416 e. The van der Waals surface area contributed by atoms with Crippen molar-refractivity contribution >= 4 is 21.8 Å². The van der Waals surface area contributed by atoms with Gasteiger partial charge in [0.2, 0.25) is 0 Å². The summed E-state index contributed by atoms with van der Waals surface area (Å²) < 4.78 is 41.3. The number of fused-ring (bicyclic) bond motifs is 2. The molecule has 0 aliphatic heterocycles. The van der Waals surface area contributed by atoms with E-state index in [-0.39, 0.29) is 5.92 Å². The average molecular weight is 343 g/mol. The van der Waals surface area contributed by atoms with E-state index >= 15 is 0 Å². The van der Waals surface area contributed by atoms with Crippen molar-refractivity contribution in [1.82, 2.24) is 14.8 Å². The number of aromatic amines is 1. The topological polar surface area (TPSA) is 33.6 Å². The molecule has 0 fully saturated rings. The van der Waals surface area contributed by atoms with Gasteiger partial charge in [-0.3, -0.25) is 5.10 Å². The molecule has 4 rings (SSSR count). The Morgan fingerprint density at radius 2 is 1.84 bits per heavy atom. The lowest BCUT2D eigenvalue weighted by Gasteiger charge is -2.15. The highest BCUT2D eigenvalue weighted by Crippen LogP contribution is 2.34. The molecule has 0 unspecified atom stereocenters. The second-order valence-electron chi connectivity index (χ2n) is 6.48. The van der Waals surface area contributed by atoms with Gasteiger partial charge in [0.25, 0.3) is 0 Å². The SMILES string of the molecule is CC(C)c1cc2cc3[nH]ncc3cc2n1-c1cccc(C(F)(F)F)c1. The number of aromatic nitrogens is 3. The molecular weight excluding hydrogens is 327 g/mol. The molecule has 25 heavy (non-hydrogen) atoms. The molecule has 2 aromatic carbocycles. The van der Waals surface area contributed by atoms with Gasteiger partial charge >= 0.3 is 6.18 Å². The van der Waals surface area contributed by atoms with Crippen LogP contribution in [0.2, 0.25) is 0 Å². The summed E-state index contributed by atoms with van der Waals surface area (Å²) in [5, 5.41) is 8.85. The molecule has 3 nitrogen and oxygen atoms in total. The fourth-order valence-electron chi connectivity index (χ4n) is 3.20. The molecule has 0 saturated heterocycles. The molecule has 0 amide bonds. The van der Waals surface area contributed by atoms with Gasteiger partial charge < -0.3 is 4.57 Å². The second-order valence-corrected chi connectivity index (χ2v) is 6.48. The molecule has 2 aromatic heterocycles. The highest BCUT2D eigenvalue weighted by atomic mass is 19.4. The number of halogens is 3. The van der Waals surface area contributed by atoms with Crippen LogP contribution < -0.4 is 0 Å². The minimum Gasteiger partial charge on any atom is -0.313 e. The van der Waals surface area contributed by atoms with Gasteiger partial charge in [0, 0.05) is 22.2 Å². The van der Waals surface area contributed by atoms with Crippen LogP contribution in [0.5, 0.6) is 0 Å². The summed E-state index contributed by atoms with van der Waals surface area (Å²) in [6.45, 7) is 4.07. The van der Waals surface area contributed by atoms with E-state index in [1.807, 2.05) is 36.6 Å². The van der Waals surface area contributed by atoms with Crippen molar-refractivity contribution in [1.29, 1.82) is 0 Å². The van der Waals surface area contributed by atoms with E-state index in [1.54, 1.807) is 12.3 Å². The van der Waals surface area contributed by atoms with Crippen molar-refractivity contribution in [3.05, 3.63) is 59.9 Å². The Morgan fingerprint density at radius 1 is 1.04 bits per heavy atom. The van der Waals surface area contributed by atoms with Crippen LogP contribution >= 0.6 is 0 Å². The number of nitrogens with zero attached hydrogens (tertiary/aromatic N) is 2. The smallest absolute Gasteiger partial charge is 0.313 e. The molecule has 6 heteroatoms. The summed E-state index contributed by atoms with van der Waals surface area (Å²) in [5.74, 6) is 0.165. The lowest BCUT2D eigenvalue weighted by Crippen LogP contribution is -2.07. The zero-order valence-electron chi connectivity index (χ0n) is 13.7. The van der Waals surface area contributed by atoms with Crippen LogP contribution in [0, 0.1) is 0 Å². The number of benzene rings is 2. The van der Waals surface area contributed by atoms with Gasteiger partial charge in [0.1, 0.15) is 0 Å². The number of H-pyrrole nitrogens is 1. The number of alkyl halides is 3. The van der Waals surface area contributed by atoms with Gasteiger partial charge in [-0.15, -0.1) is 0 Å². The van der Waals surface area contributed by atoms with Crippen LogP contribution in [0.4, 0.5) is 13.2 Å². The van der Waals surface area contributed by atoms with Crippen LogP contribution in [0.3, 0.4) is 0 Å². The predicted molar refractivity (Wildman–Crippen MR) is 92.0 cm³/mol. The fourth-order valence-corrected chi connectivity index (χ4v) is 3.20. The number of nitrogens with one attached hydrogen (secondary N) is 1. The van der Waals surface area contributed by atoms with Gasteiger partial charge in [0.05, 0.1) is 22.8 Å². The maximum atomic E-state index is 13.1. The number of hydrogen-bond acceptors (Lipinski definition) is 1. The van der Waals surface area contributed by atoms with Crippen LogP contribution in [-0.4, -0.2) is 14.8 Å². The normalized spacial score (nSPS) is 12.6. The van der Waals surface area contributed by atoms with E-state index in [9.17, 15) is 13.2 Å². The molecule has 4 aromatic rings. The monoisotopic (exact) mass is 343 g/mol. The number of hydrogen-bond donors (Lipinski definition) is 1. The van der Waals surface area contributed by atoms with Crippen LogP contribution in [-0.2, 0) is 6.18 Å². The summed E-state index contributed by atoms with van der Waals surface area (Å²) in [5.41, 5.74) is 2.61. The van der Waals surface area contributed by atoms with Crippen molar-refractivity contribution in [2.75, 3.05) is 0 Å². The maximum absolute atomic E-state index is 13.1. The third-order valence-electron chi connectivity index (χ3n) is 4.41. The summed E-state index contributed by atoms with van der Waals surface area (Å²) in [7, 11) is 0. The number of rotatable bonds is 2. The van der Waals surface area contributed by atoms with Crippen LogP contribution in [0.15, 0.2) is 48.7 Å². The summed E-state index contributed by atoms with van der Waals surface area (Å²) >= 11 is 0. The van der Waals surface area contributed by atoms with Gasteiger partial charge in [-0.25, -0.2) is 0 Å². The molecule has 0 bridgehead atoms. The Morgan fingerprint density at radius 3 is 2.56 bits per heavy atom. The minimum atomic E-state index is -4.37. The summed E-state index contributed by atoms with van der Waals surface area (Å²) in [4.78, 5) is 0. The zero-order valence-corrected chi connectivity index (χ0v) is 13.7. The van der Waals surface area contributed by atoms with E-state index in [4.69, 9.17) is 0 Å². The minimum absolute atomic E-state index is 0.165. The lowest BCUT2D eigenvalue weighted by molar-refractivity contribution is -0.137. The Bertz CT molecular complexity index is 1070. The first-order valence-corrected chi connectivity index (χ1v) is 8.01. The fraction of sp³-hybridized carbons (Fsp3) is 0.211. The average Bonchev–Trinajstić information content (AvgIpc) is 3.15. The van der Waals surface area contributed by atoms with Gasteiger partial charge in [-0.2, -0.15) is 18.3 Å². The first-order valence-electron chi connectivity index (χ1n) is 8.01. The standard InChI is InChI=1S/C19H16F3N3/c1-11(2)17-7-12-6-16-13(10-23-24-16)8-18(12)25(17)15-5-3-4-14(9-15)19(20,21)22/h3-11H,1-2H3,(H,23,24). The molecule has 0 aliphatic rings. The molecule has 0 aliphatic carbocycles. The molecule has 0 saturated carbocycles. The highest BCUT2D eigenvalue weighted by molar-refractivity contribution is 5.96. The molecule has 128 valence electrons. The van der Waals surface area contributed by atoms with Crippen molar-refractivity contribution in [2.24, 2.45) is 0 Å². The molecule has 0 atom stereocenters. The lowest BCUT2D eigenvalue weighted by atomic mass is 10.1. The Hall–Kier alpha value is -2.76. The molecule has 1 N–H and O–H groups in total.